The van der Waals surface area contributed by atoms with Crippen LogP contribution < -0.4 is 19.5 Å². The van der Waals surface area contributed by atoms with Crippen LogP contribution in [-0.2, 0) is 6.61 Å². The predicted molar refractivity (Wildman–Crippen MR) is 118 cm³/mol. The zero-order valence-corrected chi connectivity index (χ0v) is 17.4. The number of nitrogens with one attached hydrogen (secondary N) is 1. The highest BCUT2D eigenvalue weighted by molar-refractivity contribution is 6.07. The van der Waals surface area contributed by atoms with Crippen molar-refractivity contribution in [2.24, 2.45) is 0 Å². The van der Waals surface area contributed by atoms with E-state index in [-0.39, 0.29) is 24.7 Å². The number of hydrogen-bond acceptors (Lipinski definition) is 7. The molecule has 0 radical (unpaired) electrons. The highest BCUT2D eigenvalue weighted by atomic mass is 16.7. The normalized spacial score (nSPS) is 25.2. The van der Waals surface area contributed by atoms with Gasteiger partial charge in [-0.1, -0.05) is 36.4 Å². The molecule has 6 rings (SSSR count). The first kappa shape index (κ1) is 20.0. The number of benzene rings is 3. The van der Waals surface area contributed by atoms with Crippen molar-refractivity contribution in [2.75, 3.05) is 6.79 Å². The number of fused-ring (bicyclic) bond motifs is 5. The average Bonchev–Trinajstić information content (AvgIpc) is 3.30. The molecule has 3 aromatic carbocycles. The largest absolute Gasteiger partial charge is 0.484 e. The number of rotatable bonds is 3. The minimum Gasteiger partial charge on any atom is -0.484 e. The summed E-state index contributed by atoms with van der Waals surface area (Å²) in [6, 6.07) is 14.8. The minimum absolute atomic E-state index is 0.0153. The van der Waals surface area contributed by atoms with Gasteiger partial charge in [-0.15, -0.1) is 0 Å². The molecule has 3 aromatic rings. The van der Waals surface area contributed by atoms with Gasteiger partial charge in [-0.2, -0.15) is 0 Å². The lowest BCUT2D eigenvalue weighted by atomic mass is 9.79. The maximum atomic E-state index is 13.1. The zero-order valence-electron chi connectivity index (χ0n) is 17.4. The molecule has 2 heterocycles. The van der Waals surface area contributed by atoms with E-state index in [9.17, 15) is 20.1 Å². The van der Waals surface area contributed by atoms with Crippen molar-refractivity contribution < 1.29 is 34.3 Å². The lowest BCUT2D eigenvalue weighted by Crippen LogP contribution is -2.57. The summed E-state index contributed by atoms with van der Waals surface area (Å²) in [4.78, 5) is 13.1. The Hall–Kier alpha value is -3.59. The van der Waals surface area contributed by atoms with Gasteiger partial charge in [0.05, 0.1) is 11.6 Å². The highest BCUT2D eigenvalue weighted by Crippen LogP contribution is 2.49. The average molecular weight is 447 g/mol. The molecule has 0 saturated heterocycles. The van der Waals surface area contributed by atoms with Crippen molar-refractivity contribution in [3.8, 4) is 17.2 Å². The Kier molecular flexibility index (Phi) is 4.55. The summed E-state index contributed by atoms with van der Waals surface area (Å²) in [5.74, 6) is 0.508. The van der Waals surface area contributed by atoms with E-state index in [1.807, 2.05) is 42.5 Å². The molecule has 4 atom stereocenters. The number of carbonyl (C=O) groups is 1. The minimum atomic E-state index is -1.40. The first-order valence-corrected chi connectivity index (χ1v) is 10.7. The highest BCUT2D eigenvalue weighted by Gasteiger charge is 2.45. The van der Waals surface area contributed by atoms with Gasteiger partial charge in [0.2, 0.25) is 12.5 Å². The molecule has 1 aliphatic carbocycles. The molecule has 3 aliphatic rings. The summed E-state index contributed by atoms with van der Waals surface area (Å²) in [6.07, 6.45) is -2.60. The van der Waals surface area contributed by atoms with Crippen molar-refractivity contribution >= 4 is 22.3 Å². The van der Waals surface area contributed by atoms with Crippen molar-refractivity contribution in [1.82, 2.24) is 5.32 Å². The second-order valence-electron chi connectivity index (χ2n) is 8.38. The number of hydrogen-bond donors (Lipinski definition) is 4. The Morgan fingerprint density at radius 1 is 1.00 bits per heavy atom. The molecule has 0 aromatic heterocycles. The lowest BCUT2D eigenvalue weighted by Gasteiger charge is -2.39. The molecular weight excluding hydrogens is 426 g/mol. The standard InChI is InChI=1S/C25H21NO7/c27-17-8-16-15-9-18-23(33-11-32-18)24(19(15)25(30)26-20(16)22(29)21(17)28)31-10-12-5-6-13-3-1-2-4-14(13)7-12/h1-9,17,20-22,27-29H,10-11H2,(H,26,30)/t17-,20+,21+,22-/m0/s1. The van der Waals surface area contributed by atoms with Gasteiger partial charge < -0.3 is 34.8 Å². The van der Waals surface area contributed by atoms with Crippen LogP contribution in [0.1, 0.15) is 21.5 Å². The Balaban J connectivity index is 1.43. The molecule has 0 saturated carbocycles. The monoisotopic (exact) mass is 447 g/mol. The summed E-state index contributed by atoms with van der Waals surface area (Å²) in [5, 5.41) is 35.6. The first-order chi connectivity index (χ1) is 16.0. The van der Waals surface area contributed by atoms with E-state index in [2.05, 4.69) is 5.32 Å². The van der Waals surface area contributed by atoms with Gasteiger partial charge in [-0.05, 0) is 40.1 Å². The molecule has 8 nitrogen and oxygen atoms in total. The van der Waals surface area contributed by atoms with Gasteiger partial charge in [0.1, 0.15) is 24.9 Å². The molecule has 0 spiro atoms. The van der Waals surface area contributed by atoms with Crippen LogP contribution in [0.2, 0.25) is 0 Å². The van der Waals surface area contributed by atoms with Gasteiger partial charge in [0.25, 0.3) is 5.91 Å². The molecule has 33 heavy (non-hydrogen) atoms. The molecule has 168 valence electrons. The Labute approximate surface area is 188 Å². The second-order valence-corrected chi connectivity index (χ2v) is 8.38. The predicted octanol–water partition coefficient (Wildman–Crippen LogP) is 1.74. The molecule has 0 unspecified atom stereocenters. The van der Waals surface area contributed by atoms with Crippen LogP contribution in [0.25, 0.3) is 16.3 Å². The van der Waals surface area contributed by atoms with Crippen LogP contribution >= 0.6 is 0 Å². The van der Waals surface area contributed by atoms with Crippen LogP contribution in [0.15, 0.2) is 54.6 Å². The van der Waals surface area contributed by atoms with E-state index in [1.165, 1.54) is 6.08 Å². The van der Waals surface area contributed by atoms with Crippen molar-refractivity contribution in [3.05, 3.63) is 71.3 Å². The summed E-state index contributed by atoms with van der Waals surface area (Å²) in [6.45, 7) is 0.176. The van der Waals surface area contributed by atoms with Crippen LogP contribution in [0.3, 0.4) is 0 Å². The smallest absolute Gasteiger partial charge is 0.256 e. The van der Waals surface area contributed by atoms with Gasteiger partial charge in [-0.25, -0.2) is 0 Å². The molecule has 8 heteroatoms. The third-order valence-electron chi connectivity index (χ3n) is 6.37. The SMILES string of the molecule is O=C1N[C@@H]2C(=C[C@H](O)[C@@H](O)[C@H]2O)c2cc3c(c(OCc4ccc5ccccc5c4)c21)OCO3. The maximum Gasteiger partial charge on any atom is 0.256 e. The lowest BCUT2D eigenvalue weighted by molar-refractivity contribution is -0.0535. The topological polar surface area (TPSA) is 117 Å². The van der Waals surface area contributed by atoms with Crippen molar-refractivity contribution in [1.29, 1.82) is 0 Å². The molecule has 0 bridgehead atoms. The van der Waals surface area contributed by atoms with Crippen molar-refractivity contribution in [2.45, 2.75) is 31.0 Å². The van der Waals surface area contributed by atoms with E-state index in [0.717, 1.165) is 16.3 Å². The number of ether oxygens (including phenoxy) is 3. The summed E-state index contributed by atoms with van der Waals surface area (Å²) in [7, 11) is 0. The Bertz CT molecular complexity index is 1320. The second kappa shape index (κ2) is 7.48. The number of aliphatic hydroxyl groups is 3. The van der Waals surface area contributed by atoms with Gasteiger partial charge in [0, 0.05) is 5.56 Å². The number of aliphatic hydroxyl groups excluding tert-OH is 3. The van der Waals surface area contributed by atoms with Crippen LogP contribution in [0.5, 0.6) is 17.2 Å². The van der Waals surface area contributed by atoms with E-state index in [4.69, 9.17) is 14.2 Å². The summed E-state index contributed by atoms with van der Waals surface area (Å²) < 4.78 is 17.3. The third-order valence-corrected chi connectivity index (χ3v) is 6.37. The quantitative estimate of drug-likeness (QED) is 0.483. The van der Waals surface area contributed by atoms with Gasteiger partial charge >= 0.3 is 0 Å². The van der Waals surface area contributed by atoms with Crippen LogP contribution in [0, 0.1) is 0 Å². The van der Waals surface area contributed by atoms with E-state index < -0.39 is 30.3 Å². The molecule has 1 amide bonds. The fraction of sp³-hybridized carbons (Fsp3) is 0.240. The Morgan fingerprint density at radius 2 is 1.82 bits per heavy atom. The molecule has 4 N–H and O–H groups in total. The third kappa shape index (κ3) is 3.14. The molecule has 2 aliphatic heterocycles. The van der Waals surface area contributed by atoms with E-state index in [1.54, 1.807) is 6.07 Å². The van der Waals surface area contributed by atoms with Gasteiger partial charge in [0.15, 0.2) is 11.5 Å². The zero-order chi connectivity index (χ0) is 22.7. The fourth-order valence-electron chi connectivity index (χ4n) is 4.69. The molecule has 0 fully saturated rings. The summed E-state index contributed by atoms with van der Waals surface area (Å²) >= 11 is 0. The van der Waals surface area contributed by atoms with Crippen LogP contribution in [-0.4, -0.2) is 52.4 Å². The van der Waals surface area contributed by atoms with Crippen molar-refractivity contribution in [3.63, 3.8) is 0 Å². The Morgan fingerprint density at radius 3 is 2.67 bits per heavy atom. The van der Waals surface area contributed by atoms with E-state index in [0.29, 0.717) is 22.6 Å². The number of amides is 1. The van der Waals surface area contributed by atoms with E-state index >= 15 is 0 Å². The van der Waals surface area contributed by atoms with Crippen LogP contribution in [0.4, 0.5) is 0 Å². The number of carbonyl (C=O) groups excluding carboxylic acids is 1. The maximum absolute atomic E-state index is 13.1. The first-order valence-electron chi connectivity index (χ1n) is 10.7. The van der Waals surface area contributed by atoms with Gasteiger partial charge in [-0.3, -0.25) is 4.79 Å². The summed E-state index contributed by atoms with van der Waals surface area (Å²) in [5.41, 5.74) is 2.10. The fourth-order valence-corrected chi connectivity index (χ4v) is 4.69. The molecular formula is C25H21NO7.